The minimum atomic E-state index is -0.339. The first-order valence-electron chi connectivity index (χ1n) is 11.4. The summed E-state index contributed by atoms with van der Waals surface area (Å²) in [7, 11) is 3.35. The molecule has 8 atom stereocenters. The lowest BCUT2D eigenvalue weighted by Gasteiger charge is -2.33. The zero-order valence-corrected chi connectivity index (χ0v) is 18.0. The fourth-order valence-electron chi connectivity index (χ4n) is 5.46. The van der Waals surface area contributed by atoms with E-state index in [0.29, 0.717) is 23.7 Å². The van der Waals surface area contributed by atoms with Gasteiger partial charge in [-0.15, -0.1) is 0 Å². The highest BCUT2D eigenvalue weighted by Gasteiger charge is 2.30. The van der Waals surface area contributed by atoms with Crippen molar-refractivity contribution >= 4 is 0 Å². The van der Waals surface area contributed by atoms with E-state index >= 15 is 0 Å². The quantitative estimate of drug-likeness (QED) is 0.588. The molecule has 3 aliphatic rings. The molecule has 0 spiro atoms. The Morgan fingerprint density at radius 2 is 0.966 bits per heavy atom. The molecule has 0 aliphatic heterocycles. The summed E-state index contributed by atoms with van der Waals surface area (Å²) in [6, 6.07) is 0. The fourth-order valence-corrected chi connectivity index (χ4v) is 5.46. The van der Waals surface area contributed by atoms with Gasteiger partial charge < -0.3 is 24.8 Å². The number of methoxy groups -OCH3 is 2. The standard InChI is InChI=1S/C24H40O5/c1-28-23-14-16(7-9-21(23)26)3-5-18-11-19(13-20(25)12-18)6-4-17-8-10-22(27)24(15-17)29-2/h3-6,16-27H,7-15H2,1-2H3/b5-3+,6-4+. The number of hydrogen-bond donors (Lipinski definition) is 3. The highest BCUT2D eigenvalue weighted by Crippen LogP contribution is 2.34. The topological polar surface area (TPSA) is 79.2 Å². The third kappa shape index (κ3) is 6.63. The molecule has 5 nitrogen and oxygen atoms in total. The van der Waals surface area contributed by atoms with Crippen LogP contribution >= 0.6 is 0 Å². The van der Waals surface area contributed by atoms with E-state index in [1.54, 1.807) is 14.2 Å². The summed E-state index contributed by atoms with van der Waals surface area (Å²) in [6.45, 7) is 0. The number of allylic oxidation sites excluding steroid dienone is 4. The molecule has 3 aliphatic carbocycles. The second-order valence-corrected chi connectivity index (χ2v) is 9.48. The molecule has 0 radical (unpaired) electrons. The van der Waals surface area contributed by atoms with Gasteiger partial charge in [-0.25, -0.2) is 0 Å². The van der Waals surface area contributed by atoms with Gasteiger partial charge in [-0.3, -0.25) is 0 Å². The van der Waals surface area contributed by atoms with E-state index in [9.17, 15) is 15.3 Å². The van der Waals surface area contributed by atoms with Crippen molar-refractivity contribution in [3.05, 3.63) is 24.3 Å². The average molecular weight is 409 g/mol. The van der Waals surface area contributed by atoms with Gasteiger partial charge in [-0.05, 0) is 81.5 Å². The van der Waals surface area contributed by atoms with Gasteiger partial charge in [0.1, 0.15) is 0 Å². The number of aliphatic hydroxyl groups excluding tert-OH is 3. The van der Waals surface area contributed by atoms with Crippen molar-refractivity contribution in [2.45, 2.75) is 88.3 Å². The van der Waals surface area contributed by atoms with Crippen molar-refractivity contribution in [2.24, 2.45) is 23.7 Å². The Balaban J connectivity index is 1.51. The molecule has 0 aromatic rings. The van der Waals surface area contributed by atoms with E-state index in [4.69, 9.17) is 9.47 Å². The van der Waals surface area contributed by atoms with Crippen LogP contribution in [-0.2, 0) is 9.47 Å². The highest BCUT2D eigenvalue weighted by molar-refractivity contribution is 5.03. The number of hydrogen-bond acceptors (Lipinski definition) is 5. The lowest BCUT2D eigenvalue weighted by Crippen LogP contribution is -2.34. The van der Waals surface area contributed by atoms with Gasteiger partial charge in [0.2, 0.25) is 0 Å². The highest BCUT2D eigenvalue weighted by atomic mass is 16.5. The first-order chi connectivity index (χ1) is 14.0. The van der Waals surface area contributed by atoms with Gasteiger partial charge in [-0.1, -0.05) is 24.3 Å². The van der Waals surface area contributed by atoms with Crippen molar-refractivity contribution in [3.63, 3.8) is 0 Å². The first-order valence-corrected chi connectivity index (χ1v) is 11.4. The van der Waals surface area contributed by atoms with Crippen LogP contribution < -0.4 is 0 Å². The maximum Gasteiger partial charge on any atom is 0.0835 e. The van der Waals surface area contributed by atoms with Gasteiger partial charge in [0.25, 0.3) is 0 Å². The largest absolute Gasteiger partial charge is 0.393 e. The summed E-state index contributed by atoms with van der Waals surface area (Å²) in [5, 5.41) is 30.3. The first kappa shape index (κ1) is 23.0. The van der Waals surface area contributed by atoms with Crippen LogP contribution in [0, 0.1) is 23.7 Å². The van der Waals surface area contributed by atoms with E-state index in [-0.39, 0.29) is 30.5 Å². The molecule has 3 N–H and O–H groups in total. The molecule has 0 aromatic carbocycles. The van der Waals surface area contributed by atoms with Crippen LogP contribution in [0.5, 0.6) is 0 Å². The molecule has 0 saturated heterocycles. The van der Waals surface area contributed by atoms with Crippen molar-refractivity contribution < 1.29 is 24.8 Å². The van der Waals surface area contributed by atoms with Crippen LogP contribution in [-0.4, -0.2) is 60.1 Å². The van der Waals surface area contributed by atoms with E-state index in [1.807, 2.05) is 0 Å². The van der Waals surface area contributed by atoms with Crippen LogP contribution in [0.3, 0.4) is 0 Å². The van der Waals surface area contributed by atoms with Gasteiger partial charge in [0.15, 0.2) is 0 Å². The monoisotopic (exact) mass is 408 g/mol. The molecule has 0 aromatic heterocycles. The molecule has 0 bridgehead atoms. The van der Waals surface area contributed by atoms with Crippen LogP contribution in [0.4, 0.5) is 0 Å². The summed E-state index contributed by atoms with van der Waals surface area (Å²) < 4.78 is 10.8. The molecule has 3 saturated carbocycles. The molecule has 3 fully saturated rings. The maximum atomic E-state index is 10.4. The van der Waals surface area contributed by atoms with E-state index in [0.717, 1.165) is 57.8 Å². The lowest BCUT2D eigenvalue weighted by atomic mass is 9.77. The summed E-state index contributed by atoms with van der Waals surface area (Å²) >= 11 is 0. The minimum absolute atomic E-state index is 0.0593. The third-order valence-electron chi connectivity index (χ3n) is 7.27. The molecule has 0 heterocycles. The fraction of sp³-hybridized carbons (Fsp3) is 0.833. The molecule has 29 heavy (non-hydrogen) atoms. The lowest BCUT2D eigenvalue weighted by molar-refractivity contribution is -0.0450. The zero-order chi connectivity index (χ0) is 20.8. The SMILES string of the molecule is COC1CC(/C=C/C2CC(O)CC(/C=C/C3CCC(O)C(OC)C3)C2)CCC1O. The summed E-state index contributed by atoms with van der Waals surface area (Å²) in [5.41, 5.74) is 0. The van der Waals surface area contributed by atoms with Crippen molar-refractivity contribution in [1.29, 1.82) is 0 Å². The average Bonchev–Trinajstić information content (AvgIpc) is 2.72. The summed E-state index contributed by atoms with van der Waals surface area (Å²) in [5.74, 6) is 1.72. The van der Waals surface area contributed by atoms with E-state index in [2.05, 4.69) is 24.3 Å². The molecule has 8 unspecified atom stereocenters. The second kappa shape index (κ2) is 11.1. The molecule has 166 valence electrons. The molecule has 5 heteroatoms. The van der Waals surface area contributed by atoms with Gasteiger partial charge >= 0.3 is 0 Å². The molecular formula is C24H40O5. The predicted molar refractivity (Wildman–Crippen MR) is 113 cm³/mol. The number of aliphatic hydroxyl groups is 3. The number of ether oxygens (including phenoxy) is 2. The van der Waals surface area contributed by atoms with Crippen molar-refractivity contribution in [2.75, 3.05) is 14.2 Å². The maximum absolute atomic E-state index is 10.4. The predicted octanol–water partition coefficient (Wildman–Crippen LogP) is 3.23. The Morgan fingerprint density at radius 1 is 0.552 bits per heavy atom. The Kier molecular flexibility index (Phi) is 8.75. The van der Waals surface area contributed by atoms with Crippen molar-refractivity contribution in [3.8, 4) is 0 Å². The van der Waals surface area contributed by atoms with Crippen LogP contribution in [0.2, 0.25) is 0 Å². The Morgan fingerprint density at radius 3 is 1.38 bits per heavy atom. The minimum Gasteiger partial charge on any atom is -0.393 e. The molecular weight excluding hydrogens is 368 g/mol. The Hall–Kier alpha value is -0.720. The molecule has 0 amide bonds. The summed E-state index contributed by atoms with van der Waals surface area (Å²) in [4.78, 5) is 0. The Labute approximate surface area is 175 Å². The second-order valence-electron chi connectivity index (χ2n) is 9.48. The van der Waals surface area contributed by atoms with Crippen LogP contribution in [0.1, 0.15) is 57.8 Å². The zero-order valence-electron chi connectivity index (χ0n) is 18.0. The van der Waals surface area contributed by atoms with Crippen molar-refractivity contribution in [1.82, 2.24) is 0 Å². The van der Waals surface area contributed by atoms with Gasteiger partial charge in [-0.2, -0.15) is 0 Å². The van der Waals surface area contributed by atoms with E-state index in [1.165, 1.54) is 0 Å². The van der Waals surface area contributed by atoms with E-state index < -0.39 is 0 Å². The van der Waals surface area contributed by atoms with Gasteiger partial charge in [0.05, 0.1) is 30.5 Å². The van der Waals surface area contributed by atoms with Gasteiger partial charge in [0, 0.05) is 14.2 Å². The number of rotatable bonds is 6. The molecule has 3 rings (SSSR count). The normalized spacial score (nSPS) is 44.5. The summed E-state index contributed by atoms with van der Waals surface area (Å²) in [6.07, 6.45) is 16.3. The Bertz CT molecular complexity index is 501. The smallest absolute Gasteiger partial charge is 0.0835 e. The van der Waals surface area contributed by atoms with Crippen LogP contribution in [0.15, 0.2) is 24.3 Å². The third-order valence-corrected chi connectivity index (χ3v) is 7.27. The van der Waals surface area contributed by atoms with Crippen LogP contribution in [0.25, 0.3) is 0 Å².